The third-order valence-corrected chi connectivity index (χ3v) is 5.52. The van der Waals surface area contributed by atoms with Gasteiger partial charge in [-0.2, -0.15) is 0 Å². The molecule has 1 aliphatic rings. The minimum Gasteiger partial charge on any atom is -0.390 e. The van der Waals surface area contributed by atoms with Crippen LogP contribution in [0.5, 0.6) is 0 Å². The van der Waals surface area contributed by atoms with Gasteiger partial charge in [-0.15, -0.1) is 11.3 Å². The van der Waals surface area contributed by atoms with Crippen LogP contribution in [0.1, 0.15) is 35.0 Å². The zero-order valence-electron chi connectivity index (χ0n) is 13.7. The average molecular weight is 397 g/mol. The number of amides is 1. The van der Waals surface area contributed by atoms with E-state index in [4.69, 9.17) is 28.0 Å². The summed E-state index contributed by atoms with van der Waals surface area (Å²) in [5.74, 6) is 0.0448. The van der Waals surface area contributed by atoms with Gasteiger partial charge in [-0.05, 0) is 30.0 Å². The standard InChI is InChI=1S/C18H18Cl2N2O2S/c1-2-7-22(18(23)17-4-3-8-25-17)11-13-10-16(21-24-13)12-5-6-14(19)15(20)9-12/h3-6,8-9,13H,2,7,10-11H2,1H3. The molecule has 0 radical (unpaired) electrons. The first kappa shape index (κ1) is 18.2. The highest BCUT2D eigenvalue weighted by Crippen LogP contribution is 2.26. The van der Waals surface area contributed by atoms with Crippen molar-refractivity contribution in [1.82, 2.24) is 4.90 Å². The Labute approximate surface area is 161 Å². The van der Waals surface area contributed by atoms with E-state index in [9.17, 15) is 4.79 Å². The number of carbonyl (C=O) groups is 1. The molecule has 0 fully saturated rings. The van der Waals surface area contributed by atoms with Crippen molar-refractivity contribution >= 4 is 46.2 Å². The zero-order valence-corrected chi connectivity index (χ0v) is 16.1. The molecule has 0 saturated heterocycles. The Balaban J connectivity index is 1.65. The van der Waals surface area contributed by atoms with Gasteiger partial charge in [0, 0.05) is 18.5 Å². The van der Waals surface area contributed by atoms with E-state index in [-0.39, 0.29) is 12.0 Å². The third kappa shape index (κ3) is 4.35. The third-order valence-electron chi connectivity index (χ3n) is 3.92. The fraction of sp³-hybridized carbons (Fsp3) is 0.333. The lowest BCUT2D eigenvalue weighted by Gasteiger charge is -2.23. The van der Waals surface area contributed by atoms with Crippen molar-refractivity contribution in [3.63, 3.8) is 0 Å². The highest BCUT2D eigenvalue weighted by Gasteiger charge is 2.27. The summed E-state index contributed by atoms with van der Waals surface area (Å²) < 4.78 is 0. The number of nitrogens with zero attached hydrogens (tertiary/aromatic N) is 2. The number of oxime groups is 1. The quantitative estimate of drug-likeness (QED) is 0.681. The molecule has 0 spiro atoms. The van der Waals surface area contributed by atoms with Crippen molar-refractivity contribution in [3.05, 3.63) is 56.2 Å². The van der Waals surface area contributed by atoms with Crippen LogP contribution in [0.2, 0.25) is 10.0 Å². The van der Waals surface area contributed by atoms with E-state index in [2.05, 4.69) is 12.1 Å². The highest BCUT2D eigenvalue weighted by atomic mass is 35.5. The smallest absolute Gasteiger partial charge is 0.264 e. The Morgan fingerprint density at radius 1 is 1.36 bits per heavy atom. The van der Waals surface area contributed by atoms with Gasteiger partial charge >= 0.3 is 0 Å². The van der Waals surface area contributed by atoms with Crippen molar-refractivity contribution in [2.45, 2.75) is 25.9 Å². The molecule has 1 aliphatic heterocycles. The molecule has 7 heteroatoms. The summed E-state index contributed by atoms with van der Waals surface area (Å²) in [6.45, 7) is 3.26. The fourth-order valence-corrected chi connectivity index (χ4v) is 3.71. The van der Waals surface area contributed by atoms with E-state index in [0.717, 1.165) is 22.6 Å². The molecular weight excluding hydrogens is 379 g/mol. The monoisotopic (exact) mass is 396 g/mol. The van der Waals surface area contributed by atoms with Gasteiger partial charge in [-0.3, -0.25) is 4.79 Å². The molecular formula is C18H18Cl2N2O2S. The lowest BCUT2D eigenvalue weighted by Crippen LogP contribution is -2.37. The number of benzene rings is 1. The second-order valence-corrected chi connectivity index (χ2v) is 7.59. The lowest BCUT2D eigenvalue weighted by atomic mass is 10.0. The van der Waals surface area contributed by atoms with Crippen molar-refractivity contribution in [1.29, 1.82) is 0 Å². The SMILES string of the molecule is CCCN(CC1CC(c2ccc(Cl)c(Cl)c2)=NO1)C(=O)c1cccs1. The van der Waals surface area contributed by atoms with Crippen LogP contribution in [-0.4, -0.2) is 35.7 Å². The first-order valence-corrected chi connectivity index (χ1v) is 9.73. The molecule has 1 unspecified atom stereocenters. The zero-order chi connectivity index (χ0) is 17.8. The van der Waals surface area contributed by atoms with Crippen LogP contribution in [0.3, 0.4) is 0 Å². The van der Waals surface area contributed by atoms with Gasteiger partial charge < -0.3 is 9.74 Å². The maximum atomic E-state index is 12.6. The molecule has 132 valence electrons. The van der Waals surface area contributed by atoms with E-state index >= 15 is 0 Å². The molecule has 2 aromatic rings. The van der Waals surface area contributed by atoms with Gasteiger partial charge in [-0.1, -0.05) is 47.4 Å². The van der Waals surface area contributed by atoms with Crippen molar-refractivity contribution < 1.29 is 9.63 Å². The molecule has 3 rings (SSSR count). The largest absolute Gasteiger partial charge is 0.390 e. The number of thiophene rings is 1. The Morgan fingerprint density at radius 3 is 2.88 bits per heavy atom. The molecule has 0 aliphatic carbocycles. The summed E-state index contributed by atoms with van der Waals surface area (Å²) in [6.07, 6.45) is 1.38. The minimum absolute atomic E-state index is 0.0448. The normalized spacial score (nSPS) is 16.4. The van der Waals surface area contributed by atoms with Crippen molar-refractivity contribution in [2.24, 2.45) is 5.16 Å². The van der Waals surface area contributed by atoms with Gasteiger partial charge in [0.05, 0.1) is 27.2 Å². The van der Waals surface area contributed by atoms with Gasteiger partial charge in [0.1, 0.15) is 0 Å². The predicted molar refractivity (Wildman–Crippen MR) is 103 cm³/mol. The van der Waals surface area contributed by atoms with Crippen LogP contribution in [0.15, 0.2) is 40.9 Å². The number of carbonyl (C=O) groups excluding carboxylic acids is 1. The molecule has 0 bridgehead atoms. The molecule has 1 aromatic heterocycles. The van der Waals surface area contributed by atoms with Crippen LogP contribution in [-0.2, 0) is 4.84 Å². The van der Waals surface area contributed by atoms with Gasteiger partial charge in [0.15, 0.2) is 6.10 Å². The Bertz CT molecular complexity index is 777. The summed E-state index contributed by atoms with van der Waals surface area (Å²) in [5.41, 5.74) is 1.71. The Morgan fingerprint density at radius 2 is 2.20 bits per heavy atom. The number of hydrogen-bond acceptors (Lipinski definition) is 4. The minimum atomic E-state index is -0.153. The van der Waals surface area contributed by atoms with E-state index in [1.807, 2.05) is 28.5 Å². The highest BCUT2D eigenvalue weighted by molar-refractivity contribution is 7.12. The van der Waals surface area contributed by atoms with Gasteiger partial charge in [0.25, 0.3) is 5.91 Å². The van der Waals surface area contributed by atoms with Crippen molar-refractivity contribution in [3.8, 4) is 0 Å². The molecule has 1 amide bonds. The van der Waals surface area contributed by atoms with Crippen LogP contribution < -0.4 is 0 Å². The van der Waals surface area contributed by atoms with Gasteiger partial charge in [-0.25, -0.2) is 0 Å². The number of halogens is 2. The average Bonchev–Trinajstić information content (AvgIpc) is 3.28. The van der Waals surface area contributed by atoms with E-state index < -0.39 is 0 Å². The first-order chi connectivity index (χ1) is 12.1. The fourth-order valence-electron chi connectivity index (χ4n) is 2.72. The molecule has 1 atom stereocenters. The van der Waals surface area contributed by atoms with Crippen LogP contribution in [0, 0.1) is 0 Å². The van der Waals surface area contributed by atoms with E-state index in [0.29, 0.717) is 29.6 Å². The summed E-state index contributed by atoms with van der Waals surface area (Å²) >= 11 is 13.5. The maximum Gasteiger partial charge on any atom is 0.264 e. The Kier molecular flexibility index (Phi) is 5.99. The molecule has 2 heterocycles. The maximum absolute atomic E-state index is 12.6. The topological polar surface area (TPSA) is 41.9 Å². The van der Waals surface area contributed by atoms with Crippen LogP contribution in [0.25, 0.3) is 0 Å². The first-order valence-electron chi connectivity index (χ1n) is 8.09. The molecule has 1 aromatic carbocycles. The summed E-state index contributed by atoms with van der Waals surface area (Å²) in [5, 5.41) is 7.09. The van der Waals surface area contributed by atoms with Crippen LogP contribution >= 0.6 is 34.5 Å². The lowest BCUT2D eigenvalue weighted by molar-refractivity contribution is 0.0426. The summed E-state index contributed by atoms with van der Waals surface area (Å²) in [7, 11) is 0. The molecule has 0 saturated carbocycles. The summed E-state index contributed by atoms with van der Waals surface area (Å²) in [6, 6.07) is 9.15. The molecule has 0 N–H and O–H groups in total. The Hall–Kier alpha value is -1.56. The van der Waals surface area contributed by atoms with Gasteiger partial charge in [0.2, 0.25) is 0 Å². The number of hydrogen-bond donors (Lipinski definition) is 0. The van der Waals surface area contributed by atoms with Crippen LogP contribution in [0.4, 0.5) is 0 Å². The second kappa shape index (κ2) is 8.21. The number of rotatable bonds is 6. The van der Waals surface area contributed by atoms with E-state index in [1.54, 1.807) is 12.1 Å². The molecule has 25 heavy (non-hydrogen) atoms. The predicted octanol–water partition coefficient (Wildman–Crippen LogP) is 5.10. The van der Waals surface area contributed by atoms with E-state index in [1.165, 1.54) is 11.3 Å². The van der Waals surface area contributed by atoms with Crippen molar-refractivity contribution in [2.75, 3.05) is 13.1 Å². The summed E-state index contributed by atoms with van der Waals surface area (Å²) in [4.78, 5) is 20.8. The molecule has 4 nitrogen and oxygen atoms in total. The second-order valence-electron chi connectivity index (χ2n) is 5.83.